The lowest BCUT2D eigenvalue weighted by Crippen LogP contribution is -2.55. The first-order valence-corrected chi connectivity index (χ1v) is 18.7. The number of nitrogen functional groups attached to an aromatic ring is 1. The van der Waals surface area contributed by atoms with Gasteiger partial charge < -0.3 is 21.3 Å². The molecular formula is C41H48F3N9O2. The molecular weight excluding hydrogens is 708 g/mol. The van der Waals surface area contributed by atoms with Gasteiger partial charge >= 0.3 is 6.18 Å². The first kappa shape index (κ1) is 39.2. The molecule has 290 valence electrons. The van der Waals surface area contributed by atoms with Crippen molar-refractivity contribution >= 4 is 30.1 Å². The molecule has 1 aliphatic heterocycles. The van der Waals surface area contributed by atoms with E-state index in [0.29, 0.717) is 30.5 Å². The fourth-order valence-corrected chi connectivity index (χ4v) is 6.66. The fourth-order valence-electron chi connectivity index (χ4n) is 6.66. The number of anilines is 1. The Morgan fingerprint density at radius 2 is 1.91 bits per heavy atom. The monoisotopic (exact) mass is 755 g/mol. The second-order valence-corrected chi connectivity index (χ2v) is 15.1. The number of benzene rings is 1. The number of nitrogens with one attached hydrogen (secondary N) is 2. The summed E-state index contributed by atoms with van der Waals surface area (Å²) in [6.45, 7) is 9.44. The van der Waals surface area contributed by atoms with Gasteiger partial charge in [-0.1, -0.05) is 50.3 Å². The average Bonchev–Trinajstić information content (AvgIpc) is 3.79. The molecule has 3 aromatic rings. The fraction of sp³-hybridized carbons (Fsp3) is 0.415. The van der Waals surface area contributed by atoms with Crippen LogP contribution in [0.3, 0.4) is 0 Å². The number of hydrogen-bond acceptors (Lipinski definition) is 8. The summed E-state index contributed by atoms with van der Waals surface area (Å²) in [5, 5.41) is 9.82. The van der Waals surface area contributed by atoms with Crippen molar-refractivity contribution in [1.29, 1.82) is 0 Å². The van der Waals surface area contributed by atoms with Crippen LogP contribution in [0, 0.1) is 5.92 Å². The van der Waals surface area contributed by atoms with Crippen LogP contribution in [-0.2, 0) is 22.3 Å². The summed E-state index contributed by atoms with van der Waals surface area (Å²) in [5.41, 5.74) is 8.63. The van der Waals surface area contributed by atoms with Crippen LogP contribution in [0.1, 0.15) is 88.3 Å². The van der Waals surface area contributed by atoms with Crippen LogP contribution in [0.15, 0.2) is 95.4 Å². The molecule has 2 amide bonds. The number of nitrogens with zero attached hydrogens (tertiary/aromatic N) is 6. The molecule has 2 aliphatic carbocycles. The van der Waals surface area contributed by atoms with Gasteiger partial charge in [0.2, 0.25) is 11.8 Å². The zero-order chi connectivity index (χ0) is 39.3. The normalized spacial score (nSPS) is 19.4. The predicted octanol–water partition coefficient (Wildman–Crippen LogP) is 7.15. The Hall–Kier alpha value is -5.53. The third-order valence-corrected chi connectivity index (χ3v) is 10.1. The lowest BCUT2D eigenvalue weighted by atomic mass is 9.94. The highest BCUT2D eigenvalue weighted by Crippen LogP contribution is 2.48. The topological polar surface area (TPSA) is 143 Å². The summed E-state index contributed by atoms with van der Waals surface area (Å²) in [5.74, 6) is -0.206. The largest absolute Gasteiger partial charge is 0.419 e. The second-order valence-electron chi connectivity index (χ2n) is 15.1. The molecule has 0 spiro atoms. The molecule has 55 heavy (non-hydrogen) atoms. The number of unbranched alkanes of at least 4 members (excludes halogenated alkanes) is 1. The van der Waals surface area contributed by atoms with E-state index in [9.17, 15) is 22.8 Å². The number of amides is 2. The molecule has 3 unspecified atom stereocenters. The van der Waals surface area contributed by atoms with E-state index in [-0.39, 0.29) is 30.7 Å². The van der Waals surface area contributed by atoms with Crippen LogP contribution in [0.25, 0.3) is 11.1 Å². The molecule has 6 rings (SSSR count). The van der Waals surface area contributed by atoms with Gasteiger partial charge in [0.25, 0.3) is 0 Å². The van der Waals surface area contributed by atoms with Gasteiger partial charge in [-0.05, 0) is 75.1 Å². The highest BCUT2D eigenvalue weighted by atomic mass is 19.4. The quantitative estimate of drug-likeness (QED) is 0.141. The summed E-state index contributed by atoms with van der Waals surface area (Å²) in [4.78, 5) is 43.0. The summed E-state index contributed by atoms with van der Waals surface area (Å²) in [7, 11) is 0. The van der Waals surface area contributed by atoms with Gasteiger partial charge in [-0.2, -0.15) is 18.3 Å². The molecule has 3 atom stereocenters. The molecule has 4 N–H and O–H groups in total. The van der Waals surface area contributed by atoms with Gasteiger partial charge in [0.1, 0.15) is 17.7 Å². The Morgan fingerprint density at radius 3 is 2.56 bits per heavy atom. The summed E-state index contributed by atoms with van der Waals surface area (Å²) < 4.78 is 40.9. The van der Waals surface area contributed by atoms with E-state index in [4.69, 9.17) is 5.73 Å². The van der Waals surface area contributed by atoms with Gasteiger partial charge in [-0.15, -0.1) is 0 Å². The van der Waals surface area contributed by atoms with Gasteiger partial charge in [-0.25, -0.2) is 9.98 Å². The van der Waals surface area contributed by atoms with E-state index in [1.165, 1.54) is 6.42 Å². The Balaban J connectivity index is 1.16. The lowest BCUT2D eigenvalue weighted by Gasteiger charge is -2.31. The molecule has 0 radical (unpaired) electrons. The minimum absolute atomic E-state index is 0.0270. The molecule has 1 aromatic carbocycles. The van der Waals surface area contributed by atoms with Gasteiger partial charge in [-0.3, -0.25) is 19.3 Å². The third kappa shape index (κ3) is 9.97. The number of pyridine rings is 1. The van der Waals surface area contributed by atoms with E-state index < -0.39 is 29.2 Å². The Labute approximate surface area is 319 Å². The number of rotatable bonds is 15. The number of aromatic nitrogens is 3. The highest BCUT2D eigenvalue weighted by molar-refractivity contribution is 5.91. The average molecular weight is 756 g/mol. The van der Waals surface area contributed by atoms with Crippen molar-refractivity contribution in [2.75, 3.05) is 5.73 Å². The van der Waals surface area contributed by atoms with Crippen molar-refractivity contribution in [1.82, 2.24) is 30.3 Å². The Morgan fingerprint density at radius 1 is 1.15 bits per heavy atom. The van der Waals surface area contributed by atoms with Crippen LogP contribution in [0.2, 0.25) is 0 Å². The number of halogens is 3. The summed E-state index contributed by atoms with van der Waals surface area (Å²) in [6, 6.07) is 9.37. The minimum atomic E-state index is -4.54. The lowest BCUT2D eigenvalue weighted by molar-refractivity contribution is -0.137. The van der Waals surface area contributed by atoms with Crippen molar-refractivity contribution < 1.29 is 22.8 Å². The van der Waals surface area contributed by atoms with E-state index >= 15 is 0 Å². The van der Waals surface area contributed by atoms with Crippen LogP contribution in [0.4, 0.5) is 19.0 Å². The number of allylic oxidation sites excluding steroid dienone is 2. The Bertz CT molecular complexity index is 2010. The summed E-state index contributed by atoms with van der Waals surface area (Å²) >= 11 is 0. The van der Waals surface area contributed by atoms with E-state index in [0.717, 1.165) is 64.3 Å². The zero-order valence-electron chi connectivity index (χ0n) is 31.4. The van der Waals surface area contributed by atoms with Crippen molar-refractivity contribution in [2.24, 2.45) is 15.9 Å². The Kier molecular flexibility index (Phi) is 11.7. The van der Waals surface area contributed by atoms with Crippen LogP contribution in [0.5, 0.6) is 0 Å². The minimum Gasteiger partial charge on any atom is -0.383 e. The van der Waals surface area contributed by atoms with Crippen molar-refractivity contribution in [3.63, 3.8) is 0 Å². The SMILES string of the molecule is C=C1N=CC=CN1/C(=C\CCC)CC(NC(=O)C1CC1c1ccc(-c2cnc(N)c(C=NC3CCC3)c2)cc1)C(=O)NC(C)(C)Cn1cc(C(F)(F)F)cn1. The third-order valence-electron chi connectivity index (χ3n) is 10.1. The van der Waals surface area contributed by atoms with Crippen LogP contribution >= 0.6 is 0 Å². The second kappa shape index (κ2) is 16.5. The van der Waals surface area contributed by atoms with Crippen molar-refractivity contribution in [3.05, 3.63) is 102 Å². The van der Waals surface area contributed by atoms with Crippen molar-refractivity contribution in [3.8, 4) is 11.1 Å². The van der Waals surface area contributed by atoms with E-state index in [2.05, 4.69) is 37.3 Å². The first-order chi connectivity index (χ1) is 26.2. The van der Waals surface area contributed by atoms with Crippen LogP contribution in [-0.4, -0.2) is 61.5 Å². The van der Waals surface area contributed by atoms with Crippen molar-refractivity contribution in [2.45, 2.75) is 102 Å². The number of alkyl halides is 3. The molecule has 3 aliphatic rings. The predicted molar refractivity (Wildman–Crippen MR) is 208 cm³/mol. The number of carbonyl (C=O) groups excluding carboxylic acids is 2. The molecule has 0 saturated heterocycles. The molecule has 11 nitrogen and oxygen atoms in total. The highest BCUT2D eigenvalue weighted by Gasteiger charge is 2.45. The number of hydrogen-bond donors (Lipinski definition) is 3. The van der Waals surface area contributed by atoms with Gasteiger partial charge in [0.15, 0.2) is 0 Å². The smallest absolute Gasteiger partial charge is 0.383 e. The maximum Gasteiger partial charge on any atom is 0.419 e. The number of carbonyl (C=O) groups is 2. The van der Waals surface area contributed by atoms with E-state index in [1.807, 2.05) is 49.5 Å². The van der Waals surface area contributed by atoms with E-state index in [1.54, 1.807) is 43.4 Å². The summed E-state index contributed by atoms with van der Waals surface area (Å²) in [6.07, 6.45) is 13.6. The number of aliphatic imine (C=N–C) groups is 2. The number of nitrogens with two attached hydrogens (primary N) is 1. The standard InChI is InChI=1S/C41H48F3N9O2/c1-5-6-11-33(53-17-8-16-46-26(53)2)19-36(39(55)51-40(3,4)25-52-24-31(23-49-52)41(42,43)44)50-38(54)35-20-34(35)28-14-12-27(13-15-28)29-18-30(37(45)48-21-29)22-47-32-9-7-10-32/h8,11-18,21-24,32,34-36H,2,5-7,9-10,19-20,25H2,1,3-4H3,(H2,45,48)(H,50,54)(H,51,55)/b33-11-,47-22?. The maximum atomic E-state index is 14.1. The molecule has 3 heterocycles. The first-order valence-electron chi connectivity index (χ1n) is 18.7. The van der Waals surface area contributed by atoms with Gasteiger partial charge in [0.05, 0.1) is 23.8 Å². The molecule has 2 aromatic heterocycles. The zero-order valence-corrected chi connectivity index (χ0v) is 31.4. The molecule has 14 heteroatoms. The molecule has 2 fully saturated rings. The molecule has 2 saturated carbocycles. The molecule has 0 bridgehead atoms. The van der Waals surface area contributed by atoms with Crippen LogP contribution < -0.4 is 16.4 Å². The van der Waals surface area contributed by atoms with Gasteiger partial charge in [0, 0.05) is 66.2 Å². The maximum absolute atomic E-state index is 14.1.